The summed E-state index contributed by atoms with van der Waals surface area (Å²) < 4.78 is 6.99. The predicted molar refractivity (Wildman–Crippen MR) is 202 cm³/mol. The second kappa shape index (κ2) is 11.9. The Morgan fingerprint density at radius 2 is 1.43 bits per heavy atom. The molecule has 8 rings (SSSR count). The number of carbonyl (C=O) groups is 1. The summed E-state index contributed by atoms with van der Waals surface area (Å²) in [4.78, 5) is 17.3. The maximum atomic E-state index is 14.9. The van der Waals surface area contributed by atoms with Gasteiger partial charge in [-0.05, 0) is 98.8 Å². The third-order valence-electron chi connectivity index (χ3n) is 11.0. The highest BCUT2D eigenvalue weighted by Gasteiger charge is 2.42. The van der Waals surface area contributed by atoms with E-state index in [9.17, 15) is 4.79 Å². The monoisotopic (exact) mass is 643 g/mol. The van der Waals surface area contributed by atoms with E-state index in [4.69, 9.17) is 4.74 Å². The van der Waals surface area contributed by atoms with Crippen LogP contribution in [0.2, 0.25) is 0 Å². The molecular formula is C46H45NO2. The van der Waals surface area contributed by atoms with E-state index in [0.717, 1.165) is 71.3 Å². The van der Waals surface area contributed by atoms with Crippen LogP contribution in [-0.4, -0.2) is 12.5 Å². The number of esters is 1. The van der Waals surface area contributed by atoms with Crippen LogP contribution in [0.3, 0.4) is 0 Å². The molecule has 4 aliphatic carbocycles. The van der Waals surface area contributed by atoms with Gasteiger partial charge in [0, 0.05) is 29.6 Å². The van der Waals surface area contributed by atoms with Crippen LogP contribution >= 0.6 is 0 Å². The summed E-state index contributed by atoms with van der Waals surface area (Å²) in [5.41, 5.74) is 13.5. The lowest BCUT2D eigenvalue weighted by atomic mass is 9.76. The predicted octanol–water partition coefficient (Wildman–Crippen LogP) is 11.2. The second-order valence-electron chi connectivity index (χ2n) is 15.6. The Balaban J connectivity index is 1.31. The first-order chi connectivity index (χ1) is 23.6. The summed E-state index contributed by atoms with van der Waals surface area (Å²) in [5.74, 6) is 0.0596. The van der Waals surface area contributed by atoms with Crippen LogP contribution in [-0.2, 0) is 14.9 Å². The Bertz CT molecular complexity index is 2040. The SMILES string of the molecule is CC1(C)CCN(c2ccc(C(C)(C)C)cc2)C=C1C(OC(=O)C1C2=C(C=CCC=C2)C2=C1CCC=C2)=C1c2ccccc2-c2ccccc21. The molecule has 0 saturated heterocycles. The number of carbonyl (C=O) groups excluding carboxylic acids is 1. The van der Waals surface area contributed by atoms with Crippen LogP contribution in [0.1, 0.15) is 77.0 Å². The lowest BCUT2D eigenvalue weighted by Gasteiger charge is -2.39. The van der Waals surface area contributed by atoms with Gasteiger partial charge < -0.3 is 9.64 Å². The van der Waals surface area contributed by atoms with Gasteiger partial charge in [0.1, 0.15) is 11.7 Å². The summed E-state index contributed by atoms with van der Waals surface area (Å²) in [6, 6.07) is 26.1. The van der Waals surface area contributed by atoms with Crippen molar-refractivity contribution in [3.05, 3.63) is 166 Å². The quantitative estimate of drug-likeness (QED) is 0.164. The third kappa shape index (κ3) is 5.40. The fourth-order valence-corrected chi connectivity index (χ4v) is 8.16. The smallest absolute Gasteiger partial charge is 0.323 e. The Morgan fingerprint density at radius 1 is 0.796 bits per heavy atom. The van der Waals surface area contributed by atoms with Crippen LogP contribution in [0.25, 0.3) is 16.7 Å². The molecule has 0 saturated carbocycles. The zero-order valence-corrected chi connectivity index (χ0v) is 29.3. The van der Waals surface area contributed by atoms with Gasteiger partial charge in [0.2, 0.25) is 0 Å². The lowest BCUT2D eigenvalue weighted by molar-refractivity contribution is -0.141. The van der Waals surface area contributed by atoms with Gasteiger partial charge in [0.25, 0.3) is 0 Å². The van der Waals surface area contributed by atoms with Crippen LogP contribution < -0.4 is 4.90 Å². The fraction of sp³-hybridized carbons (Fsp3) is 0.283. The number of fused-ring (bicyclic) bond motifs is 4. The van der Waals surface area contributed by atoms with Crippen molar-refractivity contribution in [3.63, 3.8) is 0 Å². The summed E-state index contributed by atoms with van der Waals surface area (Å²) in [6.45, 7) is 12.2. The van der Waals surface area contributed by atoms with Gasteiger partial charge in [-0.2, -0.15) is 0 Å². The van der Waals surface area contributed by atoms with Crippen molar-refractivity contribution in [1.82, 2.24) is 0 Å². The van der Waals surface area contributed by atoms with E-state index in [-0.39, 0.29) is 16.8 Å². The molecule has 0 amide bonds. The number of hydrogen-bond acceptors (Lipinski definition) is 3. The summed E-state index contributed by atoms with van der Waals surface area (Å²) in [5, 5.41) is 0. The van der Waals surface area contributed by atoms with E-state index >= 15 is 0 Å². The number of anilines is 1. The fourth-order valence-electron chi connectivity index (χ4n) is 8.16. The Morgan fingerprint density at radius 3 is 2.10 bits per heavy atom. The normalized spacial score (nSPS) is 20.4. The largest absolute Gasteiger partial charge is 0.425 e. The van der Waals surface area contributed by atoms with E-state index in [1.54, 1.807) is 0 Å². The molecule has 0 aromatic heterocycles. The zero-order chi connectivity index (χ0) is 33.9. The Hall–Kier alpha value is -4.89. The van der Waals surface area contributed by atoms with Crippen molar-refractivity contribution in [2.75, 3.05) is 11.4 Å². The molecule has 246 valence electrons. The van der Waals surface area contributed by atoms with Gasteiger partial charge in [-0.25, -0.2) is 0 Å². The average Bonchev–Trinajstić information content (AvgIpc) is 3.47. The van der Waals surface area contributed by atoms with Crippen LogP contribution in [0, 0.1) is 11.3 Å². The van der Waals surface area contributed by atoms with E-state index in [0.29, 0.717) is 5.76 Å². The Kier molecular flexibility index (Phi) is 7.63. The Labute approximate surface area is 291 Å². The van der Waals surface area contributed by atoms with E-state index in [1.165, 1.54) is 27.8 Å². The minimum Gasteiger partial charge on any atom is -0.425 e. The molecular weight excluding hydrogens is 599 g/mol. The van der Waals surface area contributed by atoms with E-state index < -0.39 is 5.92 Å². The highest BCUT2D eigenvalue weighted by molar-refractivity contribution is 6.03. The molecule has 1 unspecified atom stereocenters. The molecule has 1 heterocycles. The maximum absolute atomic E-state index is 14.9. The van der Waals surface area contributed by atoms with Crippen molar-refractivity contribution < 1.29 is 9.53 Å². The van der Waals surface area contributed by atoms with Gasteiger partial charge >= 0.3 is 5.97 Å². The standard InChI is InChI=1S/C46H45NO2/c1-45(2,3)30-23-25-31(26-24-30)47-28-27-46(4,5)40(29-47)43(41-36-20-12-9-16-32(36)33-17-10-13-21-37(33)41)49-44(48)42-38-19-8-6-7-15-34(38)35-18-11-14-22-39(35)42/h7-13,15-21,23-26,29,42H,6,14,22,27-28H2,1-5H3. The van der Waals surface area contributed by atoms with Crippen molar-refractivity contribution in [2.45, 2.75) is 65.7 Å². The molecule has 0 spiro atoms. The minimum absolute atomic E-state index is 0.0831. The summed E-state index contributed by atoms with van der Waals surface area (Å²) in [6.07, 6.45) is 19.0. The molecule has 5 aliphatic rings. The second-order valence-corrected chi connectivity index (χ2v) is 15.6. The number of benzene rings is 3. The number of hydrogen-bond donors (Lipinski definition) is 0. The lowest BCUT2D eigenvalue weighted by Crippen LogP contribution is -2.34. The molecule has 3 aromatic rings. The zero-order valence-electron chi connectivity index (χ0n) is 29.3. The summed E-state index contributed by atoms with van der Waals surface area (Å²) >= 11 is 0. The molecule has 0 radical (unpaired) electrons. The van der Waals surface area contributed by atoms with Crippen molar-refractivity contribution in [3.8, 4) is 11.1 Å². The molecule has 3 nitrogen and oxygen atoms in total. The van der Waals surface area contributed by atoms with Crippen molar-refractivity contribution in [2.24, 2.45) is 11.3 Å². The molecule has 0 N–H and O–H groups in total. The van der Waals surface area contributed by atoms with Gasteiger partial charge in [0.05, 0.1) is 0 Å². The molecule has 3 heteroatoms. The molecule has 49 heavy (non-hydrogen) atoms. The van der Waals surface area contributed by atoms with E-state index in [1.807, 2.05) is 0 Å². The number of ether oxygens (including phenoxy) is 1. The number of nitrogens with zero attached hydrogens (tertiary/aromatic N) is 1. The van der Waals surface area contributed by atoms with Gasteiger partial charge in [-0.1, -0.05) is 132 Å². The minimum atomic E-state index is -0.426. The molecule has 0 bridgehead atoms. The molecule has 0 fully saturated rings. The van der Waals surface area contributed by atoms with Crippen LogP contribution in [0.4, 0.5) is 5.69 Å². The molecule has 1 aliphatic heterocycles. The van der Waals surface area contributed by atoms with Crippen molar-refractivity contribution in [1.29, 1.82) is 0 Å². The van der Waals surface area contributed by atoms with Gasteiger partial charge in [-0.3, -0.25) is 4.79 Å². The topological polar surface area (TPSA) is 29.5 Å². The van der Waals surface area contributed by atoms with Crippen LogP contribution in [0.15, 0.2) is 149 Å². The highest BCUT2D eigenvalue weighted by Crippen LogP contribution is 2.52. The van der Waals surface area contributed by atoms with Gasteiger partial charge in [0.15, 0.2) is 0 Å². The first-order valence-corrected chi connectivity index (χ1v) is 17.8. The first-order valence-electron chi connectivity index (χ1n) is 17.8. The maximum Gasteiger partial charge on any atom is 0.323 e. The molecule has 1 atom stereocenters. The van der Waals surface area contributed by atoms with Crippen LogP contribution in [0.5, 0.6) is 0 Å². The number of allylic oxidation sites excluding steroid dienone is 9. The van der Waals surface area contributed by atoms with Crippen molar-refractivity contribution >= 4 is 17.2 Å². The average molecular weight is 644 g/mol. The van der Waals surface area contributed by atoms with Gasteiger partial charge in [-0.15, -0.1) is 0 Å². The first kappa shape index (κ1) is 31.4. The third-order valence-corrected chi connectivity index (χ3v) is 11.0. The molecule has 3 aromatic carbocycles. The number of rotatable bonds is 4. The van der Waals surface area contributed by atoms with E-state index in [2.05, 4.69) is 155 Å². The summed E-state index contributed by atoms with van der Waals surface area (Å²) in [7, 11) is 0. The highest BCUT2D eigenvalue weighted by atomic mass is 16.5.